The summed E-state index contributed by atoms with van der Waals surface area (Å²) in [5, 5.41) is 10.2. The molecule has 0 saturated heterocycles. The number of allylic oxidation sites excluding steroid dienone is 1. The molecule has 5 heteroatoms. The first-order chi connectivity index (χ1) is 7.78. The van der Waals surface area contributed by atoms with Crippen molar-refractivity contribution in [2.75, 3.05) is 12.4 Å². The molecule has 2 aromatic rings. The molecule has 4 N–H and O–H groups in total. The summed E-state index contributed by atoms with van der Waals surface area (Å²) in [6, 6.07) is 3.79. The minimum absolute atomic E-state index is 0.682. The molecular formula is C11H13N5. The molecule has 0 bridgehead atoms. The molecule has 0 aliphatic carbocycles. The quantitative estimate of drug-likeness (QED) is 0.676. The van der Waals surface area contributed by atoms with Crippen molar-refractivity contribution in [1.29, 1.82) is 5.41 Å². The molecule has 2 aromatic heterocycles. The second-order valence-corrected chi connectivity index (χ2v) is 3.33. The Morgan fingerprint density at radius 3 is 2.94 bits per heavy atom. The maximum absolute atomic E-state index is 7.24. The number of imidazole rings is 1. The number of aromatic nitrogens is 2. The number of nitrogens with one attached hydrogen (secondary N) is 2. The van der Waals surface area contributed by atoms with Gasteiger partial charge in [-0.1, -0.05) is 0 Å². The van der Waals surface area contributed by atoms with Crippen LogP contribution in [0.2, 0.25) is 0 Å². The molecule has 0 spiro atoms. The number of pyridine rings is 1. The van der Waals surface area contributed by atoms with Crippen molar-refractivity contribution < 1.29 is 0 Å². The average Bonchev–Trinajstić information content (AvgIpc) is 2.73. The molecule has 0 atom stereocenters. The Balaban J connectivity index is 2.54. The monoisotopic (exact) mass is 215 g/mol. The summed E-state index contributed by atoms with van der Waals surface area (Å²) in [5.41, 5.74) is 7.87. The van der Waals surface area contributed by atoms with Gasteiger partial charge in [0.25, 0.3) is 0 Å². The number of rotatable bonds is 3. The van der Waals surface area contributed by atoms with E-state index in [1.807, 2.05) is 36.0 Å². The van der Waals surface area contributed by atoms with Gasteiger partial charge in [-0.25, -0.2) is 4.98 Å². The average molecular weight is 215 g/mol. The standard InChI is InChI=1S/C11H13N5/c1-14-10-7-16-6-8(9(4-12)5-13)2-3-11(16)15-10/h2-7,12,14H,13H2,1H3/b9-5+,12-4?. The molecule has 2 rings (SSSR count). The highest BCUT2D eigenvalue weighted by Gasteiger charge is 2.02. The molecule has 0 aliphatic rings. The molecular weight excluding hydrogens is 202 g/mol. The molecule has 82 valence electrons. The first-order valence-corrected chi connectivity index (χ1v) is 4.87. The SMILES string of the molecule is CNc1cn2cc(/C(C=N)=C/N)ccc2n1. The fourth-order valence-electron chi connectivity index (χ4n) is 1.51. The van der Waals surface area contributed by atoms with Crippen molar-refractivity contribution in [2.45, 2.75) is 0 Å². The third kappa shape index (κ3) is 1.63. The minimum Gasteiger partial charge on any atom is -0.404 e. The zero-order chi connectivity index (χ0) is 11.5. The smallest absolute Gasteiger partial charge is 0.145 e. The van der Waals surface area contributed by atoms with Crippen LogP contribution in [0.1, 0.15) is 5.56 Å². The van der Waals surface area contributed by atoms with Crippen molar-refractivity contribution in [3.8, 4) is 0 Å². The zero-order valence-electron chi connectivity index (χ0n) is 8.94. The van der Waals surface area contributed by atoms with Gasteiger partial charge in [-0.05, 0) is 12.1 Å². The topological polar surface area (TPSA) is 79.2 Å². The molecule has 2 heterocycles. The van der Waals surface area contributed by atoms with Gasteiger partial charge in [0.1, 0.15) is 11.5 Å². The molecule has 0 radical (unpaired) electrons. The zero-order valence-corrected chi connectivity index (χ0v) is 8.94. The molecule has 0 aromatic carbocycles. The number of anilines is 1. The van der Waals surface area contributed by atoms with Crippen LogP contribution in [0.25, 0.3) is 11.2 Å². The Morgan fingerprint density at radius 2 is 2.31 bits per heavy atom. The van der Waals surface area contributed by atoms with Gasteiger partial charge in [0, 0.05) is 36.8 Å². The predicted molar refractivity (Wildman–Crippen MR) is 65.7 cm³/mol. The lowest BCUT2D eigenvalue weighted by atomic mass is 10.1. The van der Waals surface area contributed by atoms with Gasteiger partial charge < -0.3 is 20.9 Å². The normalized spacial score (nSPS) is 11.7. The number of hydrogen-bond donors (Lipinski definition) is 3. The van der Waals surface area contributed by atoms with E-state index < -0.39 is 0 Å². The van der Waals surface area contributed by atoms with Gasteiger partial charge in [-0.2, -0.15) is 0 Å². The van der Waals surface area contributed by atoms with Crippen molar-refractivity contribution in [2.24, 2.45) is 5.73 Å². The van der Waals surface area contributed by atoms with Gasteiger partial charge in [0.05, 0.1) is 6.20 Å². The lowest BCUT2D eigenvalue weighted by Gasteiger charge is -2.01. The maximum atomic E-state index is 7.24. The Hall–Kier alpha value is -2.30. The van der Waals surface area contributed by atoms with Gasteiger partial charge in [0.2, 0.25) is 0 Å². The van der Waals surface area contributed by atoms with Crippen molar-refractivity contribution in [3.63, 3.8) is 0 Å². The van der Waals surface area contributed by atoms with Crippen LogP contribution in [0, 0.1) is 5.41 Å². The van der Waals surface area contributed by atoms with E-state index in [2.05, 4.69) is 10.3 Å². The van der Waals surface area contributed by atoms with E-state index in [1.165, 1.54) is 12.4 Å². The lowest BCUT2D eigenvalue weighted by Crippen LogP contribution is -1.93. The highest BCUT2D eigenvalue weighted by Crippen LogP contribution is 2.15. The van der Waals surface area contributed by atoms with Crippen LogP contribution in [0.3, 0.4) is 0 Å². The van der Waals surface area contributed by atoms with Crippen LogP contribution in [-0.2, 0) is 0 Å². The summed E-state index contributed by atoms with van der Waals surface area (Å²) in [4.78, 5) is 4.33. The Labute approximate surface area is 93.1 Å². The van der Waals surface area contributed by atoms with E-state index >= 15 is 0 Å². The van der Waals surface area contributed by atoms with Crippen LogP contribution in [0.4, 0.5) is 5.82 Å². The van der Waals surface area contributed by atoms with Gasteiger partial charge in [-0.15, -0.1) is 0 Å². The van der Waals surface area contributed by atoms with E-state index in [4.69, 9.17) is 11.1 Å². The highest BCUT2D eigenvalue weighted by molar-refractivity contribution is 6.08. The lowest BCUT2D eigenvalue weighted by molar-refractivity contribution is 1.18. The summed E-state index contributed by atoms with van der Waals surface area (Å²) < 4.78 is 1.90. The predicted octanol–water partition coefficient (Wildman–Crippen LogP) is 1.33. The number of hydrogen-bond acceptors (Lipinski definition) is 4. The van der Waals surface area contributed by atoms with E-state index in [9.17, 15) is 0 Å². The third-order valence-corrected chi connectivity index (χ3v) is 2.38. The highest BCUT2D eigenvalue weighted by atomic mass is 15.1. The van der Waals surface area contributed by atoms with E-state index in [0.717, 1.165) is 17.0 Å². The molecule has 0 aliphatic heterocycles. The summed E-state index contributed by atoms with van der Waals surface area (Å²) in [5.74, 6) is 0.810. The second kappa shape index (κ2) is 4.06. The Morgan fingerprint density at radius 1 is 1.50 bits per heavy atom. The van der Waals surface area contributed by atoms with Crippen LogP contribution in [-0.4, -0.2) is 22.6 Å². The Bertz CT molecular complexity index is 553. The summed E-state index contributed by atoms with van der Waals surface area (Å²) in [7, 11) is 1.82. The minimum atomic E-state index is 0.682. The third-order valence-electron chi connectivity index (χ3n) is 2.38. The maximum Gasteiger partial charge on any atom is 0.145 e. The van der Waals surface area contributed by atoms with E-state index in [1.54, 1.807) is 0 Å². The van der Waals surface area contributed by atoms with Crippen molar-refractivity contribution in [3.05, 3.63) is 36.3 Å². The second-order valence-electron chi connectivity index (χ2n) is 3.33. The molecule has 0 saturated carbocycles. The molecule has 16 heavy (non-hydrogen) atoms. The van der Waals surface area contributed by atoms with E-state index in [0.29, 0.717) is 5.57 Å². The summed E-state index contributed by atoms with van der Waals surface area (Å²) in [6.07, 6.45) is 6.44. The summed E-state index contributed by atoms with van der Waals surface area (Å²) in [6.45, 7) is 0. The van der Waals surface area contributed by atoms with Gasteiger partial charge in [-0.3, -0.25) is 0 Å². The number of fused-ring (bicyclic) bond motifs is 1. The van der Waals surface area contributed by atoms with Crippen LogP contribution in [0.15, 0.2) is 30.7 Å². The first-order valence-electron chi connectivity index (χ1n) is 4.87. The molecule has 0 fully saturated rings. The fourth-order valence-corrected chi connectivity index (χ4v) is 1.51. The number of nitrogens with zero attached hydrogens (tertiary/aromatic N) is 2. The molecule has 0 amide bonds. The van der Waals surface area contributed by atoms with Crippen LogP contribution >= 0.6 is 0 Å². The van der Waals surface area contributed by atoms with Crippen LogP contribution in [0.5, 0.6) is 0 Å². The largest absolute Gasteiger partial charge is 0.404 e. The fraction of sp³-hybridized carbons (Fsp3) is 0.0909. The van der Waals surface area contributed by atoms with E-state index in [-0.39, 0.29) is 0 Å². The Kier molecular flexibility index (Phi) is 2.59. The van der Waals surface area contributed by atoms with Crippen LogP contribution < -0.4 is 11.1 Å². The van der Waals surface area contributed by atoms with Gasteiger partial charge >= 0.3 is 0 Å². The summed E-state index contributed by atoms with van der Waals surface area (Å²) >= 11 is 0. The number of nitrogens with two attached hydrogens (primary N) is 1. The molecule has 0 unspecified atom stereocenters. The molecule has 5 nitrogen and oxygen atoms in total. The van der Waals surface area contributed by atoms with Crippen molar-refractivity contribution in [1.82, 2.24) is 9.38 Å². The van der Waals surface area contributed by atoms with Gasteiger partial charge in [0.15, 0.2) is 0 Å². The first kappa shape index (κ1) is 10.2. The van der Waals surface area contributed by atoms with Crippen molar-refractivity contribution >= 4 is 23.3 Å².